The lowest BCUT2D eigenvalue weighted by atomic mass is 10.2. The lowest BCUT2D eigenvalue weighted by Gasteiger charge is -2.32. The van der Waals surface area contributed by atoms with Gasteiger partial charge in [0.05, 0.1) is 25.9 Å². The van der Waals surface area contributed by atoms with Gasteiger partial charge >= 0.3 is 5.69 Å². The van der Waals surface area contributed by atoms with Gasteiger partial charge in [0.25, 0.3) is 11.5 Å². The molecule has 188 valence electrons. The van der Waals surface area contributed by atoms with E-state index in [-0.39, 0.29) is 11.5 Å². The molecule has 4 heterocycles. The average molecular weight is 487 g/mol. The van der Waals surface area contributed by atoms with Gasteiger partial charge in [-0.25, -0.2) is 14.8 Å². The maximum atomic E-state index is 12.6. The number of imidazole rings is 2. The number of fused-ring (bicyclic) bond motifs is 2. The molecule has 1 aliphatic heterocycles. The number of hydrogen-bond donors (Lipinski definition) is 0. The third kappa shape index (κ3) is 4.39. The van der Waals surface area contributed by atoms with Gasteiger partial charge in [-0.3, -0.25) is 23.6 Å². The van der Waals surface area contributed by atoms with E-state index in [1.807, 2.05) is 7.05 Å². The van der Waals surface area contributed by atoms with Crippen molar-refractivity contribution in [3.8, 4) is 0 Å². The molecule has 1 aliphatic rings. The number of carbonyl (C=O) groups excluding carboxylic acids is 1. The third-order valence-electron chi connectivity index (χ3n) is 6.17. The topological polar surface area (TPSA) is 122 Å². The predicted molar refractivity (Wildman–Crippen MR) is 128 cm³/mol. The number of nitrogens with zero attached hydrogens (tertiary/aromatic N) is 8. The number of rotatable bonds is 10. The summed E-state index contributed by atoms with van der Waals surface area (Å²) in [4.78, 5) is 48.9. The Labute approximate surface area is 201 Å². The molecule has 0 spiro atoms. The monoisotopic (exact) mass is 486 g/mol. The molecule has 0 fully saturated rings. The number of ether oxygens (including phenoxy) is 2. The summed E-state index contributed by atoms with van der Waals surface area (Å²) < 4.78 is 17.3. The Hall–Kier alpha value is -3.71. The molecule has 13 heteroatoms. The predicted octanol–water partition coefficient (Wildman–Crippen LogP) is -0.253. The molecular formula is C22H30N8O5. The van der Waals surface area contributed by atoms with Crippen molar-refractivity contribution in [1.29, 1.82) is 0 Å². The highest BCUT2D eigenvalue weighted by atomic mass is 16.5. The molecule has 3 aromatic rings. The van der Waals surface area contributed by atoms with Crippen molar-refractivity contribution in [2.45, 2.75) is 19.5 Å². The van der Waals surface area contributed by atoms with Crippen molar-refractivity contribution >= 4 is 22.9 Å². The van der Waals surface area contributed by atoms with E-state index in [2.05, 4.69) is 16.5 Å². The van der Waals surface area contributed by atoms with E-state index in [0.717, 1.165) is 4.57 Å². The van der Waals surface area contributed by atoms with Gasteiger partial charge < -0.3 is 23.5 Å². The maximum absolute atomic E-state index is 12.6. The summed E-state index contributed by atoms with van der Waals surface area (Å²) in [5, 5.41) is 0. The average Bonchev–Trinajstić information content (AvgIpc) is 3.47. The van der Waals surface area contributed by atoms with Gasteiger partial charge in [-0.05, 0) is 6.42 Å². The van der Waals surface area contributed by atoms with E-state index < -0.39 is 5.69 Å². The minimum absolute atomic E-state index is 0.139. The minimum atomic E-state index is -0.408. The highest BCUT2D eigenvalue weighted by molar-refractivity contribution is 6.01. The smallest absolute Gasteiger partial charge is 0.332 e. The van der Waals surface area contributed by atoms with Crippen molar-refractivity contribution in [2.24, 2.45) is 14.1 Å². The van der Waals surface area contributed by atoms with Crippen LogP contribution in [0.1, 0.15) is 16.9 Å². The molecule has 13 nitrogen and oxygen atoms in total. The fraction of sp³-hybridized carbons (Fsp3) is 0.500. The van der Waals surface area contributed by atoms with Crippen LogP contribution in [-0.2, 0) is 36.7 Å². The minimum Gasteiger partial charge on any atom is -0.380 e. The molecule has 35 heavy (non-hydrogen) atoms. The highest BCUT2D eigenvalue weighted by Crippen LogP contribution is 2.28. The quantitative estimate of drug-likeness (QED) is 0.360. The summed E-state index contributed by atoms with van der Waals surface area (Å²) in [6.45, 7) is 6.71. The van der Waals surface area contributed by atoms with Crippen LogP contribution in [0.25, 0.3) is 11.2 Å². The SMILES string of the molecule is C=C1N(C)C(=O)c2c(ncn2CCOCCCOCCn2cnc3c2c(=O)n(C)c(=O)n3C)N1C. The maximum Gasteiger partial charge on any atom is 0.332 e. The van der Waals surface area contributed by atoms with E-state index >= 15 is 0 Å². The molecule has 0 atom stereocenters. The normalized spacial score (nSPS) is 13.8. The van der Waals surface area contributed by atoms with Crippen LogP contribution >= 0.6 is 0 Å². The van der Waals surface area contributed by atoms with Crippen molar-refractivity contribution < 1.29 is 14.3 Å². The lowest BCUT2D eigenvalue weighted by Crippen LogP contribution is -2.41. The molecule has 0 aromatic carbocycles. The molecule has 0 bridgehead atoms. The number of amides is 1. The standard InChI is InChI=1S/C22H30N8O5/c1-15-25(2)18-16(20(31)26(15)3)29(13-23-18)7-11-34-9-6-10-35-12-8-30-14-24-19-17(30)21(32)28(5)22(33)27(19)4/h13-14H,1,6-12H2,2-5H3. The van der Waals surface area contributed by atoms with Gasteiger partial charge in [-0.1, -0.05) is 6.58 Å². The summed E-state index contributed by atoms with van der Waals surface area (Å²) in [6.07, 6.45) is 3.89. The van der Waals surface area contributed by atoms with Crippen LogP contribution in [0.15, 0.2) is 34.6 Å². The van der Waals surface area contributed by atoms with Gasteiger partial charge in [0.2, 0.25) is 0 Å². The lowest BCUT2D eigenvalue weighted by molar-refractivity contribution is 0.0748. The fourth-order valence-electron chi connectivity index (χ4n) is 3.99. The van der Waals surface area contributed by atoms with Crippen LogP contribution in [0.4, 0.5) is 5.82 Å². The molecule has 3 aromatic heterocycles. The Bertz CT molecular complexity index is 1380. The van der Waals surface area contributed by atoms with Gasteiger partial charge in [-0.15, -0.1) is 0 Å². The van der Waals surface area contributed by atoms with Crippen LogP contribution in [0.2, 0.25) is 0 Å². The second kappa shape index (κ2) is 9.88. The van der Waals surface area contributed by atoms with Crippen molar-refractivity contribution in [3.05, 3.63) is 51.6 Å². The number of anilines is 1. The van der Waals surface area contributed by atoms with Crippen LogP contribution in [-0.4, -0.2) is 79.6 Å². The zero-order chi connectivity index (χ0) is 25.3. The summed E-state index contributed by atoms with van der Waals surface area (Å²) in [6, 6.07) is 0. The van der Waals surface area contributed by atoms with Gasteiger partial charge in [0.15, 0.2) is 22.7 Å². The molecule has 0 saturated carbocycles. The van der Waals surface area contributed by atoms with E-state index in [1.165, 1.54) is 16.5 Å². The van der Waals surface area contributed by atoms with Crippen LogP contribution in [0.5, 0.6) is 0 Å². The Kier molecular flexibility index (Phi) is 6.89. The summed E-state index contributed by atoms with van der Waals surface area (Å²) in [5.74, 6) is 1.04. The van der Waals surface area contributed by atoms with Crippen LogP contribution in [0.3, 0.4) is 0 Å². The van der Waals surface area contributed by atoms with E-state index in [9.17, 15) is 14.4 Å². The zero-order valence-electron chi connectivity index (χ0n) is 20.4. The van der Waals surface area contributed by atoms with Gasteiger partial charge in [-0.2, -0.15) is 0 Å². The molecule has 0 radical (unpaired) electrons. The highest BCUT2D eigenvalue weighted by Gasteiger charge is 2.32. The van der Waals surface area contributed by atoms with Gasteiger partial charge in [0.1, 0.15) is 5.82 Å². The second-order valence-electron chi connectivity index (χ2n) is 8.34. The molecule has 0 saturated heterocycles. The first-order valence-corrected chi connectivity index (χ1v) is 11.3. The van der Waals surface area contributed by atoms with Crippen LogP contribution in [0, 0.1) is 0 Å². The molecule has 1 amide bonds. The van der Waals surface area contributed by atoms with Crippen molar-refractivity contribution in [1.82, 2.24) is 33.1 Å². The first kappa shape index (κ1) is 24.4. The summed E-state index contributed by atoms with van der Waals surface area (Å²) in [5.41, 5.74) is 0.474. The number of aromatic nitrogens is 6. The molecule has 0 N–H and O–H groups in total. The second-order valence-corrected chi connectivity index (χ2v) is 8.34. The van der Waals surface area contributed by atoms with Gasteiger partial charge in [0, 0.05) is 54.5 Å². The Balaban J connectivity index is 1.18. The molecular weight excluding hydrogens is 456 g/mol. The number of carbonyl (C=O) groups is 1. The van der Waals surface area contributed by atoms with E-state index in [4.69, 9.17) is 9.47 Å². The van der Waals surface area contributed by atoms with E-state index in [0.29, 0.717) is 74.4 Å². The first-order chi connectivity index (χ1) is 16.7. The summed E-state index contributed by atoms with van der Waals surface area (Å²) >= 11 is 0. The Morgan fingerprint density at radius 3 is 2.14 bits per heavy atom. The van der Waals surface area contributed by atoms with Crippen molar-refractivity contribution in [3.63, 3.8) is 0 Å². The summed E-state index contributed by atoms with van der Waals surface area (Å²) in [7, 11) is 6.56. The molecule has 0 aliphatic carbocycles. The molecule has 4 rings (SSSR count). The number of hydrogen-bond acceptors (Lipinski definition) is 8. The first-order valence-electron chi connectivity index (χ1n) is 11.3. The number of aryl methyl sites for hydroxylation is 1. The Morgan fingerprint density at radius 1 is 0.829 bits per heavy atom. The fourth-order valence-corrected chi connectivity index (χ4v) is 3.99. The van der Waals surface area contributed by atoms with Crippen LogP contribution < -0.4 is 16.1 Å². The largest absolute Gasteiger partial charge is 0.380 e. The third-order valence-corrected chi connectivity index (χ3v) is 6.17. The zero-order valence-corrected chi connectivity index (χ0v) is 20.4. The molecule has 0 unspecified atom stereocenters. The van der Waals surface area contributed by atoms with Crippen molar-refractivity contribution in [2.75, 3.05) is 45.4 Å². The Morgan fingerprint density at radius 2 is 1.46 bits per heavy atom. The van der Waals surface area contributed by atoms with E-state index in [1.54, 1.807) is 40.8 Å².